The zero-order valence-corrected chi connectivity index (χ0v) is 18.0. The van der Waals surface area contributed by atoms with Crippen LogP contribution in [0.25, 0.3) is 16.8 Å². The van der Waals surface area contributed by atoms with Crippen molar-refractivity contribution in [2.45, 2.75) is 6.18 Å². The van der Waals surface area contributed by atoms with Crippen LogP contribution in [-0.2, 0) is 11.0 Å². The van der Waals surface area contributed by atoms with Gasteiger partial charge in [-0.15, -0.1) is 0 Å². The van der Waals surface area contributed by atoms with E-state index in [1.165, 1.54) is 40.8 Å². The molecule has 1 saturated heterocycles. The van der Waals surface area contributed by atoms with Crippen molar-refractivity contribution in [2.24, 2.45) is 0 Å². The number of carbonyl (C=O) groups excluding carboxylic acids is 2. The van der Waals surface area contributed by atoms with E-state index in [4.69, 9.17) is 16.0 Å². The number of halogens is 4. The first-order valence-corrected chi connectivity index (χ1v) is 10.4. The van der Waals surface area contributed by atoms with Crippen LogP contribution in [0.5, 0.6) is 0 Å². The van der Waals surface area contributed by atoms with E-state index >= 15 is 0 Å². The van der Waals surface area contributed by atoms with Crippen LogP contribution in [0.15, 0.2) is 59.8 Å². The SMILES string of the molecule is O=C(c1nc2c(C(F)(F)F)cc(-c3ccoc3)cn2c1Cl)N1CCN(c2cccnc2)C(=O)C1. The zero-order chi connectivity index (χ0) is 24.0. The summed E-state index contributed by atoms with van der Waals surface area (Å²) in [6.45, 7) is 0.0695. The van der Waals surface area contributed by atoms with Gasteiger partial charge < -0.3 is 14.2 Å². The fourth-order valence-electron chi connectivity index (χ4n) is 3.83. The summed E-state index contributed by atoms with van der Waals surface area (Å²) in [4.78, 5) is 36.4. The number of pyridine rings is 2. The first-order valence-electron chi connectivity index (χ1n) is 10.0. The lowest BCUT2D eigenvalue weighted by molar-refractivity contribution is -0.136. The van der Waals surface area contributed by atoms with Crippen LogP contribution in [0.1, 0.15) is 16.1 Å². The van der Waals surface area contributed by atoms with Crippen molar-refractivity contribution in [1.29, 1.82) is 0 Å². The summed E-state index contributed by atoms with van der Waals surface area (Å²) in [5, 5.41) is -0.280. The highest BCUT2D eigenvalue weighted by Crippen LogP contribution is 2.37. The molecular weight excluding hydrogens is 475 g/mol. The highest BCUT2D eigenvalue weighted by molar-refractivity contribution is 6.33. The number of fused-ring (bicyclic) bond motifs is 1. The van der Waals surface area contributed by atoms with Gasteiger partial charge in [0, 0.05) is 36.6 Å². The Bertz CT molecular complexity index is 1390. The normalized spacial score (nSPS) is 14.8. The highest BCUT2D eigenvalue weighted by Gasteiger charge is 2.37. The summed E-state index contributed by atoms with van der Waals surface area (Å²) in [5.41, 5.74) is -0.738. The molecule has 1 aliphatic rings. The van der Waals surface area contributed by atoms with E-state index in [1.807, 2.05) is 0 Å². The van der Waals surface area contributed by atoms with Crippen LogP contribution < -0.4 is 4.90 Å². The largest absolute Gasteiger partial charge is 0.472 e. The van der Waals surface area contributed by atoms with Crippen molar-refractivity contribution < 1.29 is 27.2 Å². The molecule has 0 aliphatic carbocycles. The third kappa shape index (κ3) is 3.77. The minimum Gasteiger partial charge on any atom is -0.472 e. The standard InChI is InChI=1S/C22H15ClF3N5O3/c23-19-18(21(33)29-5-6-30(17(32)11-29)15-2-1-4-27-9-15)28-20-16(22(24,25)26)8-14(10-31(19)20)13-3-7-34-12-13/h1-4,7-10,12H,5-6,11H2. The van der Waals surface area contributed by atoms with Gasteiger partial charge in [0.15, 0.2) is 11.3 Å². The Hall–Kier alpha value is -3.86. The molecule has 1 fully saturated rings. The lowest BCUT2D eigenvalue weighted by atomic mass is 10.1. The monoisotopic (exact) mass is 489 g/mol. The molecule has 0 unspecified atom stereocenters. The molecule has 0 N–H and O–H groups in total. The molecule has 34 heavy (non-hydrogen) atoms. The number of aromatic nitrogens is 3. The average molecular weight is 490 g/mol. The molecule has 0 spiro atoms. The number of alkyl halides is 3. The third-order valence-corrected chi connectivity index (χ3v) is 5.85. The van der Waals surface area contributed by atoms with Gasteiger partial charge >= 0.3 is 6.18 Å². The minimum absolute atomic E-state index is 0.149. The number of anilines is 1. The van der Waals surface area contributed by atoms with E-state index in [2.05, 4.69) is 9.97 Å². The number of piperazine rings is 1. The van der Waals surface area contributed by atoms with Crippen LogP contribution in [0.2, 0.25) is 5.15 Å². The smallest absolute Gasteiger partial charge is 0.420 e. The molecule has 4 aromatic rings. The molecule has 12 heteroatoms. The zero-order valence-electron chi connectivity index (χ0n) is 17.3. The summed E-state index contributed by atoms with van der Waals surface area (Å²) >= 11 is 6.35. The van der Waals surface area contributed by atoms with Crippen molar-refractivity contribution in [3.05, 3.63) is 71.8 Å². The minimum atomic E-state index is -4.75. The molecule has 0 bridgehead atoms. The Morgan fingerprint density at radius 2 is 2.00 bits per heavy atom. The van der Waals surface area contributed by atoms with Crippen LogP contribution >= 0.6 is 11.6 Å². The summed E-state index contributed by atoms with van der Waals surface area (Å²) in [6.07, 6.45) is 2.34. The molecule has 0 radical (unpaired) electrons. The molecule has 174 valence electrons. The number of carbonyl (C=O) groups is 2. The quantitative estimate of drug-likeness (QED) is 0.432. The fourth-order valence-corrected chi connectivity index (χ4v) is 4.08. The predicted molar refractivity (Wildman–Crippen MR) is 115 cm³/mol. The van der Waals surface area contributed by atoms with Gasteiger partial charge in [-0.1, -0.05) is 11.6 Å². The van der Waals surface area contributed by atoms with Crippen molar-refractivity contribution in [3.8, 4) is 11.1 Å². The maximum Gasteiger partial charge on any atom is 0.420 e. The summed E-state index contributed by atoms with van der Waals surface area (Å²) in [6, 6.07) is 5.84. The van der Waals surface area contributed by atoms with E-state index in [9.17, 15) is 22.8 Å². The van der Waals surface area contributed by atoms with E-state index < -0.39 is 23.3 Å². The molecule has 0 saturated carbocycles. The van der Waals surface area contributed by atoms with Crippen molar-refractivity contribution in [1.82, 2.24) is 19.3 Å². The molecule has 2 amide bonds. The molecule has 0 atom stereocenters. The Morgan fingerprint density at radius 1 is 1.18 bits per heavy atom. The van der Waals surface area contributed by atoms with Crippen LogP contribution in [0.4, 0.5) is 18.9 Å². The lowest BCUT2D eigenvalue weighted by Crippen LogP contribution is -2.52. The number of hydrogen-bond acceptors (Lipinski definition) is 5. The topological polar surface area (TPSA) is 84.0 Å². The Balaban J connectivity index is 1.50. The molecule has 5 rings (SSSR count). The maximum absolute atomic E-state index is 13.8. The van der Waals surface area contributed by atoms with Crippen molar-refractivity contribution in [3.63, 3.8) is 0 Å². The van der Waals surface area contributed by atoms with Crippen molar-refractivity contribution in [2.75, 3.05) is 24.5 Å². The summed E-state index contributed by atoms with van der Waals surface area (Å²) in [5.74, 6) is -1.09. The molecule has 8 nitrogen and oxygen atoms in total. The van der Waals surface area contributed by atoms with Gasteiger partial charge in [-0.2, -0.15) is 13.2 Å². The maximum atomic E-state index is 13.8. The summed E-state index contributed by atoms with van der Waals surface area (Å²) in [7, 11) is 0. The lowest BCUT2D eigenvalue weighted by Gasteiger charge is -2.33. The molecule has 5 heterocycles. The van der Waals surface area contributed by atoms with Gasteiger partial charge in [0.05, 0.1) is 30.0 Å². The van der Waals surface area contributed by atoms with Gasteiger partial charge in [0.2, 0.25) is 5.91 Å². The van der Waals surface area contributed by atoms with Crippen LogP contribution in [0.3, 0.4) is 0 Å². The third-order valence-electron chi connectivity index (χ3n) is 5.49. The van der Waals surface area contributed by atoms with Gasteiger partial charge in [0.1, 0.15) is 11.7 Å². The second kappa shape index (κ2) is 8.17. The first-order chi connectivity index (χ1) is 16.2. The van der Waals surface area contributed by atoms with Gasteiger partial charge in [-0.25, -0.2) is 4.98 Å². The van der Waals surface area contributed by atoms with E-state index in [-0.39, 0.29) is 42.0 Å². The van der Waals surface area contributed by atoms with E-state index in [0.29, 0.717) is 11.3 Å². The second-order valence-electron chi connectivity index (χ2n) is 7.58. The highest BCUT2D eigenvalue weighted by atomic mass is 35.5. The Morgan fingerprint density at radius 3 is 2.65 bits per heavy atom. The number of imidazole rings is 1. The second-order valence-corrected chi connectivity index (χ2v) is 7.94. The molecule has 4 aromatic heterocycles. The van der Waals surface area contributed by atoms with E-state index in [0.717, 1.165) is 10.5 Å². The molecule has 0 aromatic carbocycles. The average Bonchev–Trinajstić information content (AvgIpc) is 3.46. The predicted octanol–water partition coefficient (Wildman–Crippen LogP) is 4.15. The van der Waals surface area contributed by atoms with Gasteiger partial charge in [-0.05, 0) is 24.3 Å². The molecule has 1 aliphatic heterocycles. The van der Waals surface area contributed by atoms with Gasteiger partial charge in [0.25, 0.3) is 5.91 Å². The number of nitrogens with zero attached hydrogens (tertiary/aromatic N) is 5. The Labute approximate surface area is 195 Å². The van der Waals surface area contributed by atoms with Crippen LogP contribution in [-0.4, -0.2) is 50.7 Å². The Kier molecular flexibility index (Phi) is 5.28. The van der Waals surface area contributed by atoms with Crippen LogP contribution in [0, 0.1) is 0 Å². The number of amides is 2. The molecular formula is C22H15ClF3N5O3. The number of hydrogen-bond donors (Lipinski definition) is 0. The first kappa shape index (κ1) is 22.0. The van der Waals surface area contributed by atoms with Gasteiger partial charge in [-0.3, -0.25) is 19.0 Å². The number of furan rings is 1. The van der Waals surface area contributed by atoms with E-state index in [1.54, 1.807) is 18.3 Å². The fraction of sp³-hybridized carbons (Fsp3) is 0.182. The van der Waals surface area contributed by atoms with Crippen molar-refractivity contribution >= 4 is 34.7 Å². The number of rotatable bonds is 3. The summed E-state index contributed by atoms with van der Waals surface area (Å²) < 4.78 is 47.5.